The van der Waals surface area contributed by atoms with Crippen molar-refractivity contribution in [2.45, 2.75) is 63.9 Å². The van der Waals surface area contributed by atoms with Gasteiger partial charge in [-0.15, -0.1) is 0 Å². The number of nitro groups is 1. The molecule has 1 aromatic carbocycles. The zero-order valence-corrected chi connectivity index (χ0v) is 15.3. The summed E-state index contributed by atoms with van der Waals surface area (Å²) in [5.74, 6) is -1.06. The van der Waals surface area contributed by atoms with Crippen molar-refractivity contribution in [2.24, 2.45) is 5.92 Å². The second-order valence-corrected chi connectivity index (χ2v) is 7.25. The first-order chi connectivity index (χ1) is 13.0. The number of benzene rings is 1. The number of ether oxygens (including phenoxy) is 2. The molecule has 0 spiro atoms. The van der Waals surface area contributed by atoms with Gasteiger partial charge >= 0.3 is 5.97 Å². The molecule has 148 valence electrons. The lowest BCUT2D eigenvalue weighted by molar-refractivity contribution is -0.384. The Hall–Kier alpha value is -2.19. The van der Waals surface area contributed by atoms with Gasteiger partial charge < -0.3 is 19.9 Å². The van der Waals surface area contributed by atoms with Crippen molar-refractivity contribution in [1.29, 1.82) is 0 Å². The maximum atomic E-state index is 11.5. The van der Waals surface area contributed by atoms with Crippen molar-refractivity contribution >= 4 is 17.3 Å². The number of aliphatic carboxylic acids is 1. The fraction of sp³-hybridized carbons (Fsp3) is 0.632. The van der Waals surface area contributed by atoms with Crippen LogP contribution in [0.4, 0.5) is 11.4 Å². The van der Waals surface area contributed by atoms with E-state index in [9.17, 15) is 14.9 Å². The van der Waals surface area contributed by atoms with E-state index in [0.717, 1.165) is 24.8 Å². The number of carboxylic acid groups (broad SMARTS) is 1. The Bertz CT molecular complexity index is 666. The van der Waals surface area contributed by atoms with Crippen LogP contribution in [0.25, 0.3) is 0 Å². The molecule has 0 aromatic heterocycles. The smallest absolute Gasteiger partial charge is 0.306 e. The van der Waals surface area contributed by atoms with E-state index in [4.69, 9.17) is 14.6 Å². The number of rotatable bonds is 7. The molecule has 1 saturated heterocycles. The molecule has 1 heterocycles. The Morgan fingerprint density at radius 1 is 1.26 bits per heavy atom. The molecule has 3 rings (SSSR count). The van der Waals surface area contributed by atoms with E-state index in [1.165, 1.54) is 6.07 Å². The third kappa shape index (κ3) is 5.40. The van der Waals surface area contributed by atoms with E-state index >= 15 is 0 Å². The lowest BCUT2D eigenvalue weighted by Gasteiger charge is -2.27. The average Bonchev–Trinajstić information content (AvgIpc) is 2.68. The van der Waals surface area contributed by atoms with E-state index in [0.29, 0.717) is 38.0 Å². The van der Waals surface area contributed by atoms with Gasteiger partial charge in [0.15, 0.2) is 6.29 Å². The van der Waals surface area contributed by atoms with Crippen molar-refractivity contribution in [2.75, 3.05) is 11.9 Å². The van der Waals surface area contributed by atoms with Gasteiger partial charge in [0.1, 0.15) is 5.69 Å². The number of anilines is 1. The molecule has 0 bridgehead atoms. The molecule has 1 aromatic rings. The molecule has 1 aliphatic carbocycles. The van der Waals surface area contributed by atoms with Crippen molar-refractivity contribution in [3.05, 3.63) is 33.9 Å². The summed E-state index contributed by atoms with van der Waals surface area (Å²) in [5.41, 5.74) is 1.22. The zero-order valence-electron chi connectivity index (χ0n) is 15.3. The largest absolute Gasteiger partial charge is 0.481 e. The van der Waals surface area contributed by atoms with Gasteiger partial charge in [0.2, 0.25) is 0 Å². The summed E-state index contributed by atoms with van der Waals surface area (Å²) >= 11 is 0. The molecule has 1 aliphatic heterocycles. The maximum absolute atomic E-state index is 11.5. The van der Waals surface area contributed by atoms with Crippen LogP contribution in [-0.2, 0) is 20.9 Å². The highest BCUT2D eigenvalue weighted by atomic mass is 16.7. The fourth-order valence-electron chi connectivity index (χ4n) is 3.68. The van der Waals surface area contributed by atoms with Gasteiger partial charge in [-0.1, -0.05) is 6.07 Å². The van der Waals surface area contributed by atoms with Crippen molar-refractivity contribution in [3.63, 3.8) is 0 Å². The zero-order chi connectivity index (χ0) is 19.2. The topological polar surface area (TPSA) is 111 Å². The van der Waals surface area contributed by atoms with Crippen LogP contribution in [0.5, 0.6) is 0 Å². The van der Waals surface area contributed by atoms with Crippen molar-refractivity contribution < 1.29 is 24.3 Å². The number of nitrogens with one attached hydrogen (secondary N) is 1. The molecular formula is C19H26N2O6. The van der Waals surface area contributed by atoms with Crippen LogP contribution in [0.3, 0.4) is 0 Å². The minimum Gasteiger partial charge on any atom is -0.481 e. The Balaban J connectivity index is 1.60. The lowest BCUT2D eigenvalue weighted by atomic mass is 9.86. The van der Waals surface area contributed by atoms with Crippen molar-refractivity contribution in [1.82, 2.24) is 0 Å². The summed E-state index contributed by atoms with van der Waals surface area (Å²) in [6.07, 6.45) is 5.29. The molecular weight excluding hydrogens is 352 g/mol. The van der Waals surface area contributed by atoms with E-state index in [1.807, 2.05) is 6.07 Å². The number of carboxylic acids is 1. The van der Waals surface area contributed by atoms with E-state index in [2.05, 4.69) is 5.32 Å². The number of hydrogen-bond donors (Lipinski definition) is 2. The second-order valence-electron chi connectivity index (χ2n) is 7.25. The first-order valence-corrected chi connectivity index (χ1v) is 9.53. The predicted molar refractivity (Wildman–Crippen MR) is 98.5 cm³/mol. The quantitative estimate of drug-likeness (QED) is 0.550. The Kier molecular flexibility index (Phi) is 6.63. The van der Waals surface area contributed by atoms with Crippen LogP contribution < -0.4 is 5.32 Å². The highest BCUT2D eigenvalue weighted by Gasteiger charge is 2.27. The number of carbonyl (C=O) groups is 1. The third-order valence-electron chi connectivity index (χ3n) is 5.27. The summed E-state index contributed by atoms with van der Waals surface area (Å²) in [7, 11) is 0. The van der Waals surface area contributed by atoms with Crippen LogP contribution in [0, 0.1) is 16.0 Å². The van der Waals surface area contributed by atoms with E-state index in [-0.39, 0.29) is 30.5 Å². The summed E-state index contributed by atoms with van der Waals surface area (Å²) in [6.45, 7) is 0.966. The van der Waals surface area contributed by atoms with Crippen LogP contribution in [0.15, 0.2) is 18.2 Å². The number of nitrogens with zero attached hydrogens (tertiary/aromatic N) is 1. The SMILES string of the molecule is O=C(O)[C@H]1CC[C@@H](Nc2ccc(COC3CCCCO3)cc2[N+](=O)[O-])CC1. The monoisotopic (exact) mass is 378 g/mol. The lowest BCUT2D eigenvalue weighted by Crippen LogP contribution is -2.29. The van der Waals surface area contributed by atoms with Crippen LogP contribution in [0.1, 0.15) is 50.5 Å². The Morgan fingerprint density at radius 3 is 2.67 bits per heavy atom. The molecule has 0 amide bonds. The van der Waals surface area contributed by atoms with E-state index < -0.39 is 10.9 Å². The van der Waals surface area contributed by atoms with Gasteiger partial charge in [0, 0.05) is 18.7 Å². The molecule has 8 nitrogen and oxygen atoms in total. The molecule has 0 radical (unpaired) electrons. The standard InChI is InChI=1S/C19H26N2O6/c22-19(23)14-5-7-15(8-6-14)20-16-9-4-13(11-17(16)21(24)25)12-27-18-3-1-2-10-26-18/h4,9,11,14-15,18,20H,1-3,5-8,10,12H2,(H,22,23)/t14-,15+,18?. The molecule has 2 fully saturated rings. The third-order valence-corrected chi connectivity index (χ3v) is 5.27. The minimum atomic E-state index is -0.759. The van der Waals surface area contributed by atoms with Gasteiger partial charge in [-0.2, -0.15) is 0 Å². The van der Waals surface area contributed by atoms with Crippen LogP contribution >= 0.6 is 0 Å². The molecule has 8 heteroatoms. The molecule has 2 aliphatic rings. The molecule has 1 unspecified atom stereocenters. The van der Waals surface area contributed by atoms with Gasteiger partial charge in [-0.25, -0.2) is 0 Å². The first kappa shape index (κ1) is 19.6. The molecule has 27 heavy (non-hydrogen) atoms. The summed E-state index contributed by atoms with van der Waals surface area (Å²) < 4.78 is 11.2. The highest BCUT2D eigenvalue weighted by molar-refractivity contribution is 5.70. The van der Waals surface area contributed by atoms with Gasteiger partial charge in [0.05, 0.1) is 17.4 Å². The number of hydrogen-bond acceptors (Lipinski definition) is 6. The average molecular weight is 378 g/mol. The van der Waals surface area contributed by atoms with Gasteiger partial charge in [-0.3, -0.25) is 14.9 Å². The van der Waals surface area contributed by atoms with Crippen LogP contribution in [0.2, 0.25) is 0 Å². The summed E-state index contributed by atoms with van der Waals surface area (Å²) in [6, 6.07) is 5.12. The minimum absolute atomic E-state index is 0.0148. The predicted octanol–water partition coefficient (Wildman–Crippen LogP) is 3.69. The summed E-state index contributed by atoms with van der Waals surface area (Å²) in [4.78, 5) is 22.1. The van der Waals surface area contributed by atoms with E-state index in [1.54, 1.807) is 6.07 Å². The molecule has 2 N–H and O–H groups in total. The van der Waals surface area contributed by atoms with Crippen molar-refractivity contribution in [3.8, 4) is 0 Å². The molecule has 1 atom stereocenters. The molecule has 1 saturated carbocycles. The number of nitro benzene ring substituents is 1. The summed E-state index contributed by atoms with van der Waals surface area (Å²) in [5, 5.41) is 23.8. The Morgan fingerprint density at radius 2 is 2.04 bits per heavy atom. The first-order valence-electron chi connectivity index (χ1n) is 9.53. The maximum Gasteiger partial charge on any atom is 0.306 e. The van der Waals surface area contributed by atoms with Gasteiger partial charge in [-0.05, 0) is 56.6 Å². The second kappa shape index (κ2) is 9.14. The highest BCUT2D eigenvalue weighted by Crippen LogP contribution is 2.31. The van der Waals surface area contributed by atoms with Gasteiger partial charge in [0.25, 0.3) is 5.69 Å². The fourth-order valence-corrected chi connectivity index (χ4v) is 3.68. The normalized spacial score (nSPS) is 25.7. The van der Waals surface area contributed by atoms with Crippen LogP contribution in [-0.4, -0.2) is 34.9 Å². The Labute approximate surface area is 158 Å².